The second kappa shape index (κ2) is 11.1. The van der Waals surface area contributed by atoms with E-state index in [9.17, 15) is 14.7 Å². The monoisotopic (exact) mass is 465 g/mol. The van der Waals surface area contributed by atoms with E-state index in [0.29, 0.717) is 17.6 Å². The van der Waals surface area contributed by atoms with E-state index >= 15 is 0 Å². The van der Waals surface area contributed by atoms with E-state index in [1.807, 2.05) is 6.07 Å². The van der Waals surface area contributed by atoms with Gasteiger partial charge >= 0.3 is 5.97 Å². The van der Waals surface area contributed by atoms with E-state index in [1.54, 1.807) is 30.1 Å². The van der Waals surface area contributed by atoms with Crippen LogP contribution in [0.4, 0.5) is 5.82 Å². The summed E-state index contributed by atoms with van der Waals surface area (Å²) < 4.78 is 7.32. The van der Waals surface area contributed by atoms with Crippen molar-refractivity contribution in [2.45, 2.75) is 44.6 Å². The summed E-state index contributed by atoms with van der Waals surface area (Å²) in [4.78, 5) is 29.1. The van der Waals surface area contributed by atoms with Gasteiger partial charge < -0.3 is 20.5 Å². The van der Waals surface area contributed by atoms with Crippen molar-refractivity contribution in [3.63, 3.8) is 0 Å². The first-order valence-electron chi connectivity index (χ1n) is 11.8. The van der Waals surface area contributed by atoms with Crippen molar-refractivity contribution >= 4 is 28.6 Å². The van der Waals surface area contributed by atoms with Crippen LogP contribution in [-0.2, 0) is 29.4 Å². The Hall–Kier alpha value is -3.46. The van der Waals surface area contributed by atoms with Gasteiger partial charge in [0.1, 0.15) is 11.9 Å². The molecule has 0 unspecified atom stereocenters. The van der Waals surface area contributed by atoms with Crippen molar-refractivity contribution in [2.75, 3.05) is 25.1 Å². The van der Waals surface area contributed by atoms with Crippen LogP contribution in [0.1, 0.15) is 47.3 Å². The number of ether oxygens (including phenoxy) is 1. The predicted octanol–water partition coefficient (Wildman–Crippen LogP) is 2.94. The second-order valence-electron chi connectivity index (χ2n) is 8.57. The molecule has 0 fully saturated rings. The molecule has 1 aromatic carbocycles. The van der Waals surface area contributed by atoms with Crippen LogP contribution in [0, 0.1) is 0 Å². The second-order valence-corrected chi connectivity index (χ2v) is 8.57. The van der Waals surface area contributed by atoms with E-state index in [2.05, 4.69) is 27.9 Å². The summed E-state index contributed by atoms with van der Waals surface area (Å²) in [6, 6.07) is 8.52. The number of rotatable bonds is 11. The molecule has 0 aliphatic carbocycles. The topological polar surface area (TPSA) is 118 Å². The SMILES string of the molecule is Cn1ncc2c(C(=O)N[C@@H](CCOCCCCc3ccc4c(n3)NCCC4)C(=O)O)cccc21. The summed E-state index contributed by atoms with van der Waals surface area (Å²) in [6.07, 6.45) is 6.73. The van der Waals surface area contributed by atoms with Crippen molar-refractivity contribution in [1.29, 1.82) is 0 Å². The highest BCUT2D eigenvalue weighted by atomic mass is 16.5. The number of carbonyl (C=O) groups excluding carboxylic acids is 1. The van der Waals surface area contributed by atoms with Gasteiger partial charge in [-0.15, -0.1) is 0 Å². The van der Waals surface area contributed by atoms with Crippen LogP contribution in [0.5, 0.6) is 0 Å². The first-order valence-corrected chi connectivity index (χ1v) is 11.8. The number of carbonyl (C=O) groups is 2. The lowest BCUT2D eigenvalue weighted by molar-refractivity contribution is -0.139. The van der Waals surface area contributed by atoms with E-state index < -0.39 is 17.9 Å². The number of pyridine rings is 1. The average molecular weight is 466 g/mol. The molecule has 9 nitrogen and oxygen atoms in total. The number of unbranched alkanes of at least 4 members (excludes halogenated alkanes) is 1. The van der Waals surface area contributed by atoms with E-state index in [-0.39, 0.29) is 13.0 Å². The van der Waals surface area contributed by atoms with Crippen LogP contribution in [-0.4, -0.2) is 57.5 Å². The van der Waals surface area contributed by atoms with Gasteiger partial charge in [-0.05, 0) is 55.9 Å². The van der Waals surface area contributed by atoms with Crippen molar-refractivity contribution < 1.29 is 19.4 Å². The Kier molecular flexibility index (Phi) is 7.74. The molecule has 2 aromatic heterocycles. The van der Waals surface area contributed by atoms with Crippen LogP contribution in [0.3, 0.4) is 0 Å². The van der Waals surface area contributed by atoms with Crippen molar-refractivity contribution in [3.8, 4) is 0 Å². The molecule has 1 amide bonds. The number of aliphatic carboxylic acids is 1. The van der Waals surface area contributed by atoms with Gasteiger partial charge in [0.25, 0.3) is 5.91 Å². The zero-order valence-electron chi connectivity index (χ0n) is 19.4. The molecule has 1 atom stereocenters. The smallest absolute Gasteiger partial charge is 0.326 e. The van der Waals surface area contributed by atoms with Gasteiger partial charge in [-0.3, -0.25) is 9.48 Å². The van der Waals surface area contributed by atoms with E-state index in [0.717, 1.165) is 55.7 Å². The van der Waals surface area contributed by atoms with E-state index in [1.165, 1.54) is 5.56 Å². The number of carboxylic acids is 1. The molecule has 3 heterocycles. The molecule has 9 heteroatoms. The summed E-state index contributed by atoms with van der Waals surface area (Å²) in [6.45, 7) is 1.78. The van der Waals surface area contributed by atoms with Crippen molar-refractivity contribution in [2.24, 2.45) is 7.05 Å². The summed E-state index contributed by atoms with van der Waals surface area (Å²) in [5.74, 6) is -0.498. The number of amides is 1. The van der Waals surface area contributed by atoms with Crippen LogP contribution in [0.15, 0.2) is 36.5 Å². The number of aryl methyl sites for hydroxylation is 3. The number of aromatic nitrogens is 3. The first-order chi connectivity index (χ1) is 16.5. The van der Waals surface area contributed by atoms with Crippen LogP contribution in [0.25, 0.3) is 10.9 Å². The highest BCUT2D eigenvalue weighted by Crippen LogP contribution is 2.20. The Morgan fingerprint density at radius 3 is 2.97 bits per heavy atom. The molecule has 0 saturated heterocycles. The number of hydrogen-bond acceptors (Lipinski definition) is 6. The number of hydrogen-bond donors (Lipinski definition) is 3. The number of anilines is 1. The van der Waals surface area contributed by atoms with Crippen LogP contribution >= 0.6 is 0 Å². The standard InChI is InChI=1S/C25H31N5O4/c1-30-22-9-4-8-19(20(22)16-27-30)24(31)29-21(25(32)33)12-15-34-14-3-2-7-18-11-10-17-6-5-13-26-23(17)28-18/h4,8-11,16,21H,2-3,5-7,12-15H2,1H3,(H,26,28)(H,29,31)(H,32,33)/t21-/m0/s1. The molecule has 3 aromatic rings. The third-order valence-electron chi connectivity index (χ3n) is 6.11. The molecule has 4 rings (SSSR count). The molecule has 34 heavy (non-hydrogen) atoms. The lowest BCUT2D eigenvalue weighted by atomic mass is 10.1. The lowest BCUT2D eigenvalue weighted by Crippen LogP contribution is -2.41. The fourth-order valence-corrected chi connectivity index (χ4v) is 4.19. The third kappa shape index (κ3) is 5.72. The van der Waals surface area contributed by atoms with Crippen LogP contribution in [0.2, 0.25) is 0 Å². The van der Waals surface area contributed by atoms with Crippen molar-refractivity contribution in [1.82, 2.24) is 20.1 Å². The van der Waals surface area contributed by atoms with Gasteiger partial charge in [-0.2, -0.15) is 5.10 Å². The van der Waals surface area contributed by atoms with Gasteiger partial charge in [0, 0.05) is 44.3 Å². The third-order valence-corrected chi connectivity index (χ3v) is 6.11. The quantitative estimate of drug-likeness (QED) is 0.373. The molecule has 0 saturated carbocycles. The van der Waals surface area contributed by atoms with Gasteiger partial charge in [-0.1, -0.05) is 12.1 Å². The summed E-state index contributed by atoms with van der Waals surface area (Å²) in [5.41, 5.74) is 3.58. The maximum absolute atomic E-state index is 12.7. The molecule has 0 radical (unpaired) electrons. The molecule has 0 spiro atoms. The Morgan fingerprint density at radius 1 is 1.24 bits per heavy atom. The minimum atomic E-state index is -1.08. The van der Waals surface area contributed by atoms with Gasteiger partial charge in [0.15, 0.2) is 0 Å². The Balaban J connectivity index is 1.18. The number of fused-ring (bicyclic) bond motifs is 2. The molecule has 3 N–H and O–H groups in total. The molecule has 0 bridgehead atoms. The zero-order chi connectivity index (χ0) is 23.9. The molecule has 180 valence electrons. The van der Waals surface area contributed by atoms with E-state index in [4.69, 9.17) is 9.72 Å². The maximum Gasteiger partial charge on any atom is 0.326 e. The minimum Gasteiger partial charge on any atom is -0.480 e. The minimum absolute atomic E-state index is 0.197. The molecular formula is C25H31N5O4. The highest BCUT2D eigenvalue weighted by molar-refractivity contribution is 6.07. The number of benzene rings is 1. The lowest BCUT2D eigenvalue weighted by Gasteiger charge is -2.17. The van der Waals surface area contributed by atoms with Crippen LogP contribution < -0.4 is 10.6 Å². The largest absolute Gasteiger partial charge is 0.480 e. The Bertz CT molecular complexity index is 1160. The predicted molar refractivity (Wildman–Crippen MR) is 129 cm³/mol. The summed E-state index contributed by atoms with van der Waals surface area (Å²) in [5, 5.41) is 20.4. The van der Waals surface area contributed by atoms with Gasteiger partial charge in [-0.25, -0.2) is 9.78 Å². The Morgan fingerprint density at radius 2 is 2.12 bits per heavy atom. The fraction of sp³-hybridized carbons (Fsp3) is 0.440. The zero-order valence-corrected chi connectivity index (χ0v) is 19.4. The van der Waals surface area contributed by atoms with Gasteiger partial charge in [0.05, 0.1) is 17.3 Å². The number of carboxylic acid groups (broad SMARTS) is 1. The normalized spacial score (nSPS) is 13.8. The average Bonchev–Trinajstić information content (AvgIpc) is 3.23. The molecule has 1 aliphatic heterocycles. The maximum atomic E-state index is 12.7. The number of nitrogens with one attached hydrogen (secondary N) is 2. The summed E-state index contributed by atoms with van der Waals surface area (Å²) >= 11 is 0. The fourth-order valence-electron chi connectivity index (χ4n) is 4.19. The molecular weight excluding hydrogens is 434 g/mol. The first kappa shape index (κ1) is 23.7. The van der Waals surface area contributed by atoms with Crippen molar-refractivity contribution in [3.05, 3.63) is 53.3 Å². The van der Waals surface area contributed by atoms with Gasteiger partial charge in [0.2, 0.25) is 0 Å². The highest BCUT2D eigenvalue weighted by Gasteiger charge is 2.22. The number of nitrogens with zero attached hydrogens (tertiary/aromatic N) is 3. The molecule has 1 aliphatic rings. The summed E-state index contributed by atoms with van der Waals surface area (Å²) in [7, 11) is 1.79. The Labute approximate surface area is 198 Å².